The van der Waals surface area contributed by atoms with Crippen LogP contribution in [-0.2, 0) is 10.1 Å². The lowest BCUT2D eigenvalue weighted by molar-refractivity contribution is 0.480. The molecule has 0 aromatic rings. The van der Waals surface area contributed by atoms with E-state index in [0.29, 0.717) is 6.42 Å². The van der Waals surface area contributed by atoms with Gasteiger partial charge in [0.1, 0.15) is 0 Å². The monoisotopic (exact) mass is 224 g/mol. The molecule has 0 aliphatic carbocycles. The molecule has 0 bridgehead atoms. The fraction of sp³-hybridized carbons (Fsp3) is 1.00. The maximum atomic E-state index is 9.95. The highest BCUT2D eigenvalue weighted by Gasteiger charge is 2.00. The molecule has 0 saturated carbocycles. The van der Waals surface area contributed by atoms with Gasteiger partial charge in [0, 0.05) is 26.2 Å². The van der Waals surface area contributed by atoms with E-state index in [-0.39, 0.29) is 5.75 Å². The van der Waals surface area contributed by atoms with Crippen LogP contribution < -0.4 is 10.6 Å². The van der Waals surface area contributed by atoms with Gasteiger partial charge in [0.05, 0.1) is 5.75 Å². The van der Waals surface area contributed by atoms with Crippen molar-refractivity contribution in [1.82, 2.24) is 10.6 Å². The highest BCUT2D eigenvalue weighted by molar-refractivity contribution is 7.85. The molecule has 1 fully saturated rings. The van der Waals surface area contributed by atoms with Crippen LogP contribution >= 0.6 is 0 Å². The number of unbranched alkanes of at least 4 members (excludes halogenated alkanes) is 1. The van der Waals surface area contributed by atoms with Crippen LogP contribution in [0.25, 0.3) is 0 Å². The summed E-state index contributed by atoms with van der Waals surface area (Å²) in [7, 11) is -3.69. The molecule has 0 atom stereocenters. The van der Waals surface area contributed by atoms with E-state index < -0.39 is 10.1 Å². The maximum absolute atomic E-state index is 9.95. The van der Waals surface area contributed by atoms with Gasteiger partial charge in [-0.1, -0.05) is 13.3 Å². The molecular formula is C8H20N2O3S. The van der Waals surface area contributed by atoms with Crippen molar-refractivity contribution in [2.45, 2.75) is 19.8 Å². The normalized spacial score (nSPS) is 17.0. The standard InChI is InChI=1S/C4H10N2.C4H10O3S/c1-2-6-4-3-5-1;1-2-3-4-8(5,6)7/h5-6H,1-4H2;2-4H2,1H3,(H,5,6,7). The predicted octanol–water partition coefficient (Wildman–Crippen LogP) is -0.146. The van der Waals surface area contributed by atoms with Gasteiger partial charge in [-0.2, -0.15) is 8.42 Å². The molecule has 0 radical (unpaired) electrons. The molecule has 0 aromatic heterocycles. The first kappa shape index (κ1) is 13.8. The van der Waals surface area contributed by atoms with Gasteiger partial charge in [-0.15, -0.1) is 0 Å². The summed E-state index contributed by atoms with van der Waals surface area (Å²) in [6.07, 6.45) is 1.33. The fourth-order valence-corrected chi connectivity index (χ4v) is 1.58. The molecule has 6 heteroatoms. The third-order valence-corrected chi connectivity index (χ3v) is 2.52. The minimum absolute atomic E-state index is 0.108. The molecule has 1 aliphatic heterocycles. The number of hydrogen-bond acceptors (Lipinski definition) is 4. The molecular weight excluding hydrogens is 204 g/mol. The summed E-state index contributed by atoms with van der Waals surface area (Å²) in [4.78, 5) is 0. The van der Waals surface area contributed by atoms with Gasteiger partial charge in [0.15, 0.2) is 0 Å². The van der Waals surface area contributed by atoms with Gasteiger partial charge >= 0.3 is 0 Å². The molecule has 1 aliphatic rings. The molecule has 0 spiro atoms. The second-order valence-electron chi connectivity index (χ2n) is 3.14. The number of hydrogen-bond donors (Lipinski definition) is 3. The van der Waals surface area contributed by atoms with Gasteiger partial charge in [-0.3, -0.25) is 4.55 Å². The topological polar surface area (TPSA) is 78.4 Å². The van der Waals surface area contributed by atoms with Crippen molar-refractivity contribution < 1.29 is 13.0 Å². The first-order valence-electron chi connectivity index (χ1n) is 4.93. The second kappa shape index (κ2) is 8.16. The Morgan fingerprint density at radius 2 is 1.57 bits per heavy atom. The van der Waals surface area contributed by atoms with Gasteiger partial charge in [0.2, 0.25) is 0 Å². The quantitative estimate of drug-likeness (QED) is 0.581. The van der Waals surface area contributed by atoms with Gasteiger partial charge in [-0.25, -0.2) is 0 Å². The zero-order valence-corrected chi connectivity index (χ0v) is 9.44. The summed E-state index contributed by atoms with van der Waals surface area (Å²) >= 11 is 0. The average Bonchev–Trinajstić information content (AvgIpc) is 2.17. The predicted molar refractivity (Wildman–Crippen MR) is 57.1 cm³/mol. The number of rotatable bonds is 3. The molecule has 1 saturated heterocycles. The first-order valence-corrected chi connectivity index (χ1v) is 6.54. The Balaban J connectivity index is 0.000000249. The largest absolute Gasteiger partial charge is 0.314 e. The van der Waals surface area contributed by atoms with Crippen LogP contribution in [0.5, 0.6) is 0 Å². The molecule has 1 heterocycles. The van der Waals surface area contributed by atoms with Crippen LogP contribution in [0.2, 0.25) is 0 Å². The maximum Gasteiger partial charge on any atom is 0.264 e. The van der Waals surface area contributed by atoms with Crippen LogP contribution in [0.15, 0.2) is 0 Å². The van der Waals surface area contributed by atoms with Crippen LogP contribution in [-0.4, -0.2) is 44.9 Å². The lowest BCUT2D eigenvalue weighted by atomic mass is 10.4. The van der Waals surface area contributed by atoms with E-state index in [1.165, 1.54) is 0 Å². The van der Waals surface area contributed by atoms with E-state index in [9.17, 15) is 8.42 Å². The molecule has 86 valence electrons. The summed E-state index contributed by atoms with van der Waals surface area (Å²) in [5, 5.41) is 6.44. The zero-order valence-electron chi connectivity index (χ0n) is 8.62. The van der Waals surface area contributed by atoms with Gasteiger partial charge < -0.3 is 10.6 Å². The van der Waals surface area contributed by atoms with Crippen molar-refractivity contribution in [3.63, 3.8) is 0 Å². The Bertz CT molecular complexity index is 201. The van der Waals surface area contributed by atoms with E-state index in [1.54, 1.807) is 0 Å². The Morgan fingerprint density at radius 3 is 1.71 bits per heavy atom. The van der Waals surface area contributed by atoms with Gasteiger partial charge in [0.25, 0.3) is 10.1 Å². The Labute approximate surface area is 86.0 Å². The Hall–Kier alpha value is -0.170. The second-order valence-corrected chi connectivity index (χ2v) is 4.71. The Kier molecular flexibility index (Phi) is 8.07. The molecule has 0 unspecified atom stereocenters. The summed E-state index contributed by atoms with van der Waals surface area (Å²) in [5.41, 5.74) is 0. The van der Waals surface area contributed by atoms with Crippen LogP contribution in [0.4, 0.5) is 0 Å². The molecule has 3 N–H and O–H groups in total. The summed E-state index contributed by atoms with van der Waals surface area (Å²) < 4.78 is 28.0. The zero-order chi connectivity index (χ0) is 10.9. The third-order valence-electron chi connectivity index (χ3n) is 1.71. The minimum atomic E-state index is -3.69. The SMILES string of the molecule is C1CNCCN1.CCCCS(=O)(=O)O. The lowest BCUT2D eigenvalue weighted by Gasteiger charge is -2.11. The molecule has 0 amide bonds. The Morgan fingerprint density at radius 1 is 1.14 bits per heavy atom. The van der Waals surface area contributed by atoms with Crippen molar-refractivity contribution in [2.24, 2.45) is 0 Å². The van der Waals surface area contributed by atoms with E-state index in [1.807, 2.05) is 6.92 Å². The smallest absolute Gasteiger partial charge is 0.264 e. The summed E-state index contributed by atoms with van der Waals surface area (Å²) in [5.74, 6) is -0.108. The highest BCUT2D eigenvalue weighted by atomic mass is 32.2. The average molecular weight is 224 g/mol. The van der Waals surface area contributed by atoms with Crippen molar-refractivity contribution in [3.05, 3.63) is 0 Å². The van der Waals surface area contributed by atoms with Crippen LogP contribution in [0.1, 0.15) is 19.8 Å². The van der Waals surface area contributed by atoms with Crippen molar-refractivity contribution in [3.8, 4) is 0 Å². The van der Waals surface area contributed by atoms with Crippen molar-refractivity contribution in [1.29, 1.82) is 0 Å². The molecule has 0 aromatic carbocycles. The minimum Gasteiger partial charge on any atom is -0.314 e. The highest BCUT2D eigenvalue weighted by Crippen LogP contribution is 1.90. The van der Waals surface area contributed by atoms with Crippen molar-refractivity contribution in [2.75, 3.05) is 31.9 Å². The van der Waals surface area contributed by atoms with E-state index >= 15 is 0 Å². The lowest BCUT2D eigenvalue weighted by Crippen LogP contribution is -2.39. The number of nitrogens with one attached hydrogen (secondary N) is 2. The van der Waals surface area contributed by atoms with E-state index in [2.05, 4.69) is 10.6 Å². The van der Waals surface area contributed by atoms with E-state index in [0.717, 1.165) is 32.6 Å². The van der Waals surface area contributed by atoms with Gasteiger partial charge in [-0.05, 0) is 6.42 Å². The summed E-state index contributed by atoms with van der Waals surface area (Å²) in [6, 6.07) is 0. The molecule has 1 rings (SSSR count). The number of piperazine rings is 1. The van der Waals surface area contributed by atoms with Crippen LogP contribution in [0.3, 0.4) is 0 Å². The first-order chi connectivity index (χ1) is 6.56. The van der Waals surface area contributed by atoms with Crippen LogP contribution in [0, 0.1) is 0 Å². The van der Waals surface area contributed by atoms with Crippen molar-refractivity contribution >= 4 is 10.1 Å². The van der Waals surface area contributed by atoms with E-state index in [4.69, 9.17) is 4.55 Å². The third kappa shape index (κ3) is 11.8. The molecule has 5 nitrogen and oxygen atoms in total. The summed E-state index contributed by atoms with van der Waals surface area (Å²) in [6.45, 7) is 6.42. The molecule has 14 heavy (non-hydrogen) atoms. The fourth-order valence-electron chi connectivity index (χ4n) is 0.930.